The first-order valence-corrected chi connectivity index (χ1v) is 39.7. The van der Waals surface area contributed by atoms with Gasteiger partial charge in [-0.05, 0) is 163 Å². The Balaban J connectivity index is 0.000000291. The monoisotopic (exact) mass is 1680 g/mol. The zero-order chi connectivity index (χ0) is 89.1. The van der Waals surface area contributed by atoms with E-state index in [1.165, 1.54) is 74.7 Å². The number of nitrogens with two attached hydrogens (primary N) is 2. The van der Waals surface area contributed by atoms with Gasteiger partial charge >= 0.3 is 17.6 Å². The van der Waals surface area contributed by atoms with E-state index in [2.05, 4.69) is 10.5 Å². The number of aliphatic carboxylic acids is 2. The van der Waals surface area contributed by atoms with E-state index in [1.807, 2.05) is 219 Å². The van der Waals surface area contributed by atoms with Crippen LogP contribution in [0.3, 0.4) is 0 Å². The van der Waals surface area contributed by atoms with Crippen molar-refractivity contribution >= 4 is 91.6 Å². The number of anilines is 2. The minimum absolute atomic E-state index is 0.0134. The van der Waals surface area contributed by atoms with Crippen molar-refractivity contribution in [3.8, 4) is 6.07 Å². The van der Waals surface area contributed by atoms with E-state index < -0.39 is 90.6 Å². The van der Waals surface area contributed by atoms with E-state index >= 15 is 0 Å². The molecule has 0 bridgehead atoms. The Morgan fingerprint density at radius 1 is 0.445 bits per heavy atom. The number of carbonyl (C=O) groups is 7. The molecule has 0 saturated carbocycles. The predicted molar refractivity (Wildman–Crippen MR) is 462 cm³/mol. The minimum atomic E-state index is -3.56. The zero-order valence-electron chi connectivity index (χ0n) is 68.2. The second-order valence-electron chi connectivity index (χ2n) is 28.1. The maximum Gasteiger partial charge on any atom is 0.367 e. The molecule has 25 heteroatoms. The van der Waals surface area contributed by atoms with E-state index in [-0.39, 0.29) is 34.5 Å². The van der Waals surface area contributed by atoms with Gasteiger partial charge in [0.05, 0.1) is 46.4 Å². The van der Waals surface area contributed by atoms with Crippen LogP contribution in [0.1, 0.15) is 179 Å². The molecular formula is C94H98Cl2F3N6O13S+. The molecule has 11 aromatic rings. The largest absolute Gasteiger partial charge is 0.480 e. The van der Waals surface area contributed by atoms with Gasteiger partial charge in [-0.2, -0.15) is 9.65 Å². The number of carboxylic acid groups (broad SMARTS) is 2. The topological polar surface area (TPSA) is 353 Å². The number of nitriles is 1. The second kappa shape index (κ2) is 48.2. The van der Waals surface area contributed by atoms with Crippen molar-refractivity contribution in [1.29, 1.82) is 5.26 Å². The predicted octanol–water partition coefficient (Wildman–Crippen LogP) is 19.3. The average molecular weight is 1680 g/mol. The van der Waals surface area contributed by atoms with Gasteiger partial charge in [-0.15, -0.1) is 23.2 Å². The van der Waals surface area contributed by atoms with Crippen LogP contribution in [0.25, 0.3) is 0 Å². The van der Waals surface area contributed by atoms with Gasteiger partial charge < -0.3 is 27.4 Å². The number of sulfonamides is 1. The second-order valence-corrected chi connectivity index (χ2v) is 30.7. The number of hydrogen-bond acceptors (Lipinski definition) is 14. The quantitative estimate of drug-likeness (QED) is 0.0136. The number of nitrogens with zero attached hydrogens (tertiary/aromatic N) is 2. The van der Waals surface area contributed by atoms with Crippen LogP contribution >= 0.6 is 23.2 Å². The first kappa shape index (κ1) is 98.8. The lowest BCUT2D eigenvalue weighted by molar-refractivity contribution is -0.413. The van der Waals surface area contributed by atoms with Crippen molar-refractivity contribution in [2.24, 2.45) is 5.73 Å². The number of quaternary nitrogens is 1. The molecule has 19 nitrogen and oxygen atoms in total. The Hall–Kier alpha value is -12.6. The molecule has 0 saturated heterocycles. The molecule has 0 spiro atoms. The summed E-state index contributed by atoms with van der Waals surface area (Å²) in [6.07, 6.45) is 1.80. The van der Waals surface area contributed by atoms with E-state index in [9.17, 15) is 65.3 Å². The van der Waals surface area contributed by atoms with Gasteiger partial charge in [0, 0.05) is 17.2 Å². The fraction of sp³-hybridized carbons (Fsp3) is 0.213. The summed E-state index contributed by atoms with van der Waals surface area (Å²) in [5.41, 5.74) is 30.6. The van der Waals surface area contributed by atoms with E-state index in [4.69, 9.17) is 50.1 Å². The SMILES string of the molecule is CC(=O)C(Cl)c1ccc(C)cc1.CC(=O)C(c1ccc(C)cc1)c1ccc(N)c(F)c1.CC(=O)C(c1ccc(C)cc1)c1ccc(NS(C)(=O)=O)c(F)c1.CC(=O)C(c1ccc(C)cc1)c1ccc([N+](=O)[O-])c(F)c1.Cc1ccc(C(Cl)C(=O)O)cc1.Cc1ccc(C(N)C#N)cc1.Cc1ccc(C([NH3+])C(=O)O)cc1.Cc1ccc(C=O)cc1. The van der Waals surface area contributed by atoms with E-state index in [1.54, 1.807) is 48.5 Å². The molecule has 0 aliphatic heterocycles. The maximum atomic E-state index is 14.1. The van der Waals surface area contributed by atoms with E-state index in [0.29, 0.717) is 22.3 Å². The molecule has 0 radical (unpaired) electrons. The van der Waals surface area contributed by atoms with Gasteiger partial charge in [0.2, 0.25) is 21.9 Å². The van der Waals surface area contributed by atoms with Crippen molar-refractivity contribution < 1.29 is 76.0 Å². The number of carboxylic acids is 2. The van der Waals surface area contributed by atoms with Gasteiger partial charge in [0.15, 0.2) is 11.2 Å². The number of nitro groups is 1. The number of aryl methyl sites for hydroxylation is 8. The molecule has 0 aliphatic rings. The Morgan fingerprint density at radius 2 is 0.731 bits per heavy atom. The Kier molecular flexibility index (Phi) is 40.0. The van der Waals surface area contributed by atoms with Crippen LogP contribution in [-0.4, -0.2) is 71.2 Å². The summed E-state index contributed by atoms with van der Waals surface area (Å²) in [5.74, 6) is -6.00. The van der Waals surface area contributed by atoms with Crippen LogP contribution in [0.2, 0.25) is 0 Å². The van der Waals surface area contributed by atoms with Crippen molar-refractivity contribution in [3.63, 3.8) is 0 Å². The molecule has 7 unspecified atom stereocenters. The smallest absolute Gasteiger partial charge is 0.367 e. The third kappa shape index (κ3) is 33.5. The standard InChI is InChI=1S/C17H18FNO3S.C16H14FNO3.C16H16FNO.C10H11ClO.C9H9ClO2.C9H10N2.C9H11NO2.C8H8O/c1-11-4-6-13(7-5-11)17(12(2)20)14-8-9-16(15(18)10-14)19-23(3,21)22;1-10-3-5-12(6-4-10)16(11(2)19)13-7-8-15(18(20)21)14(17)9-13;1-10-3-5-12(6-4-10)16(11(2)19)13-7-8-15(18)14(17)9-13;1-7-3-5-9(6-4-7)10(11)8(2)12;1-6-2-4-7(5-3-6)8(10)9(11)12;1-7-2-4-8(5-3-7)9(11)6-10;1-6-2-4-7(5-3-6)8(10)9(11)12;1-7-2-4-8(6-9)5-3-7/h4-10,17,19H,1-3H3;3-9,16H,1-2H3;3-9,16H,18H2,1-2H3;3-6,10H,1-2H3;2-5,8H,1H3,(H,11,12);2-5,9H,11H2,1H3;2-5,8H,10H2,1H3,(H,11,12);2-6H,1H3/p+1. The van der Waals surface area contributed by atoms with Crippen molar-refractivity contribution in [2.75, 3.05) is 16.7 Å². The molecular weight excluding hydrogens is 1580 g/mol. The lowest BCUT2D eigenvalue weighted by Gasteiger charge is -2.16. The number of nitrogen functional groups attached to an aromatic ring is 1. The first-order valence-electron chi connectivity index (χ1n) is 36.9. The summed E-state index contributed by atoms with van der Waals surface area (Å²) in [4.78, 5) is 87.6. The summed E-state index contributed by atoms with van der Waals surface area (Å²) in [5, 5.41) is 34.9. The molecule has 0 heterocycles. The van der Waals surface area contributed by atoms with Crippen LogP contribution in [0.15, 0.2) is 249 Å². The highest BCUT2D eigenvalue weighted by atomic mass is 35.5. The number of nitro benzene ring substituents is 1. The Bertz CT molecular complexity index is 5250. The summed E-state index contributed by atoms with van der Waals surface area (Å²) >= 11 is 11.4. The summed E-state index contributed by atoms with van der Waals surface area (Å²) in [7, 11) is -3.56. The number of alkyl halides is 2. The minimum Gasteiger partial charge on any atom is -0.480 e. The number of Topliss-reactive ketones (excluding diaryl/α,β-unsaturated/α-hetero) is 4. The molecule has 0 aliphatic carbocycles. The molecule has 0 fully saturated rings. The summed E-state index contributed by atoms with van der Waals surface area (Å²) < 4.78 is 66.0. The number of benzene rings is 11. The van der Waals surface area contributed by atoms with Crippen molar-refractivity contribution in [3.05, 3.63) is 382 Å². The van der Waals surface area contributed by atoms with Gasteiger partial charge in [0.25, 0.3) is 0 Å². The highest BCUT2D eigenvalue weighted by Gasteiger charge is 2.26. The Labute approximate surface area is 702 Å². The van der Waals surface area contributed by atoms with Crippen molar-refractivity contribution in [2.45, 2.75) is 124 Å². The lowest BCUT2D eigenvalue weighted by atomic mass is 9.88. The molecule has 7 atom stereocenters. The molecule has 622 valence electrons. The van der Waals surface area contributed by atoms with Gasteiger partial charge in [0.1, 0.15) is 46.7 Å². The van der Waals surface area contributed by atoms with Gasteiger partial charge in [-0.25, -0.2) is 22.0 Å². The lowest BCUT2D eigenvalue weighted by Crippen LogP contribution is -2.57. The summed E-state index contributed by atoms with van der Waals surface area (Å²) in [6.45, 7) is 21.6. The highest BCUT2D eigenvalue weighted by molar-refractivity contribution is 7.92. The maximum absolute atomic E-state index is 14.1. The number of nitrogens with one attached hydrogen (secondary N) is 1. The van der Waals surface area contributed by atoms with Crippen LogP contribution in [0, 0.1) is 94.3 Å². The molecule has 0 aromatic heterocycles. The average Bonchev–Trinajstić information content (AvgIpc) is 0.819. The number of ketones is 4. The molecule has 11 rings (SSSR count). The fourth-order valence-corrected chi connectivity index (χ4v) is 12.0. The zero-order valence-corrected chi connectivity index (χ0v) is 70.6. The highest BCUT2D eigenvalue weighted by Crippen LogP contribution is 2.33. The van der Waals surface area contributed by atoms with Crippen LogP contribution in [0.5, 0.6) is 0 Å². The molecule has 0 amide bonds. The van der Waals surface area contributed by atoms with E-state index in [0.717, 1.165) is 91.4 Å². The van der Waals surface area contributed by atoms with Crippen molar-refractivity contribution in [1.82, 2.24) is 0 Å². The van der Waals surface area contributed by atoms with Crippen LogP contribution < -0.4 is 21.9 Å². The number of rotatable bonds is 20. The van der Waals surface area contributed by atoms with Crippen LogP contribution in [0.4, 0.5) is 30.2 Å². The van der Waals surface area contributed by atoms with Crippen LogP contribution in [-0.2, 0) is 38.8 Å². The molecule has 11 aromatic carbocycles. The first-order chi connectivity index (χ1) is 55.9. The summed E-state index contributed by atoms with van der Waals surface area (Å²) in [6, 6.07) is 72.8. The fourth-order valence-electron chi connectivity index (χ4n) is 11.1. The number of halogens is 5. The molecule has 10 N–H and O–H groups in total. The normalized spacial score (nSPS) is 12.1. The third-order valence-corrected chi connectivity index (χ3v) is 19.4. The molecule has 119 heavy (non-hydrogen) atoms. The number of aldehydes is 1. The van der Waals surface area contributed by atoms with Gasteiger partial charge in [-0.3, -0.25) is 43.6 Å². The number of carbonyl (C=O) groups excluding carboxylic acids is 5. The Morgan fingerprint density at radius 3 is 1.01 bits per heavy atom. The third-order valence-electron chi connectivity index (χ3n) is 17.8. The number of hydrogen-bond donors (Lipinski definition) is 6. The van der Waals surface area contributed by atoms with Gasteiger partial charge in [-0.1, -0.05) is 257 Å².